The van der Waals surface area contributed by atoms with Crippen LogP contribution in [0.2, 0.25) is 0 Å². The second-order valence-electron chi connectivity index (χ2n) is 7.79. The summed E-state index contributed by atoms with van der Waals surface area (Å²) in [4.78, 5) is 14.8. The Morgan fingerprint density at radius 2 is 1.73 bits per heavy atom. The van der Waals surface area contributed by atoms with Crippen molar-refractivity contribution < 1.29 is 40.3 Å². The average molecular weight is 555 g/mol. The molecule has 0 aliphatic carbocycles. The highest BCUT2D eigenvalue weighted by Gasteiger charge is 2.30. The highest BCUT2D eigenvalue weighted by Crippen LogP contribution is 2.29. The smallest absolute Gasteiger partial charge is 0.416 e. The van der Waals surface area contributed by atoms with Crippen LogP contribution in [0.3, 0.4) is 0 Å². The SMILES string of the molecule is O=C(O)[C@@H](Cc1c[nH]c2cc(F)c(F)cc12)NS(=O)(=O)c1ccc(C#Cc2ccc(C(F)(F)F)cc2)s1. The van der Waals surface area contributed by atoms with Crippen LogP contribution in [-0.2, 0) is 27.4 Å². The van der Waals surface area contributed by atoms with Gasteiger partial charge in [-0.3, -0.25) is 4.79 Å². The third-order valence-corrected chi connectivity index (χ3v) is 8.18. The van der Waals surface area contributed by atoms with Crippen LogP contribution in [0.25, 0.3) is 10.9 Å². The molecule has 2 aromatic carbocycles. The first-order chi connectivity index (χ1) is 17.3. The molecule has 6 nitrogen and oxygen atoms in total. The fourth-order valence-electron chi connectivity index (χ4n) is 3.40. The summed E-state index contributed by atoms with van der Waals surface area (Å²) >= 11 is 0.740. The molecule has 1 atom stereocenters. The molecule has 3 N–H and O–H groups in total. The molecule has 0 saturated heterocycles. The highest BCUT2D eigenvalue weighted by molar-refractivity contribution is 7.91. The van der Waals surface area contributed by atoms with Gasteiger partial charge in [-0.25, -0.2) is 17.2 Å². The molecule has 0 aliphatic heterocycles. The second kappa shape index (κ2) is 9.97. The van der Waals surface area contributed by atoms with E-state index in [0.717, 1.165) is 35.6 Å². The molecule has 0 bridgehead atoms. The van der Waals surface area contributed by atoms with E-state index in [4.69, 9.17) is 0 Å². The molecule has 0 saturated carbocycles. The lowest BCUT2D eigenvalue weighted by atomic mass is 10.1. The van der Waals surface area contributed by atoms with E-state index in [-0.39, 0.29) is 37.5 Å². The third kappa shape index (κ3) is 5.99. The van der Waals surface area contributed by atoms with Crippen molar-refractivity contribution in [3.63, 3.8) is 0 Å². The second-order valence-corrected chi connectivity index (χ2v) is 10.8. The maximum Gasteiger partial charge on any atom is 0.416 e. The number of fused-ring (bicyclic) bond motifs is 1. The van der Waals surface area contributed by atoms with Crippen LogP contribution in [-0.4, -0.2) is 30.5 Å². The quantitative estimate of drug-likeness (QED) is 0.233. The van der Waals surface area contributed by atoms with Gasteiger partial charge in [0.05, 0.1) is 10.4 Å². The number of benzene rings is 2. The maximum atomic E-state index is 13.7. The largest absolute Gasteiger partial charge is 0.480 e. The number of hydrogen-bond donors (Lipinski definition) is 3. The predicted molar refractivity (Wildman–Crippen MR) is 125 cm³/mol. The maximum absolute atomic E-state index is 13.7. The fraction of sp³-hybridized carbons (Fsp3) is 0.125. The minimum absolute atomic E-state index is 0.210. The zero-order chi connectivity index (χ0) is 27.0. The van der Waals surface area contributed by atoms with E-state index in [1.807, 2.05) is 0 Å². The van der Waals surface area contributed by atoms with Crippen LogP contribution in [0.1, 0.15) is 21.6 Å². The van der Waals surface area contributed by atoms with Crippen molar-refractivity contribution in [3.8, 4) is 11.8 Å². The van der Waals surface area contributed by atoms with Crippen LogP contribution >= 0.6 is 11.3 Å². The molecule has 13 heteroatoms. The molecule has 0 amide bonds. The van der Waals surface area contributed by atoms with Gasteiger partial charge in [-0.2, -0.15) is 17.9 Å². The zero-order valence-electron chi connectivity index (χ0n) is 18.4. The van der Waals surface area contributed by atoms with Crippen LogP contribution < -0.4 is 4.72 Å². The summed E-state index contributed by atoms with van der Waals surface area (Å²) in [5.41, 5.74) is -0.0647. The number of sulfonamides is 1. The monoisotopic (exact) mass is 554 g/mol. The van der Waals surface area contributed by atoms with Crippen molar-refractivity contribution in [2.75, 3.05) is 0 Å². The van der Waals surface area contributed by atoms with Crippen molar-refractivity contribution >= 4 is 38.2 Å². The number of carboxylic acid groups (broad SMARTS) is 1. The topological polar surface area (TPSA) is 99.3 Å². The molecule has 4 rings (SSSR count). The number of alkyl halides is 3. The molecule has 2 aromatic heterocycles. The first-order valence-electron chi connectivity index (χ1n) is 10.3. The molecule has 37 heavy (non-hydrogen) atoms. The fourth-order valence-corrected chi connectivity index (χ4v) is 5.76. The zero-order valence-corrected chi connectivity index (χ0v) is 20.0. The minimum atomic E-state index is -4.48. The summed E-state index contributed by atoms with van der Waals surface area (Å²) in [6.45, 7) is 0. The number of H-pyrrole nitrogens is 1. The van der Waals surface area contributed by atoms with Crippen LogP contribution in [0, 0.1) is 23.5 Å². The molecule has 192 valence electrons. The molecule has 0 fully saturated rings. The number of halogens is 5. The molecule has 0 unspecified atom stereocenters. The molecular weight excluding hydrogens is 539 g/mol. The van der Waals surface area contributed by atoms with Crippen molar-refractivity contribution in [2.24, 2.45) is 0 Å². The number of carboxylic acids is 1. The number of rotatable bonds is 6. The number of aromatic amines is 1. The summed E-state index contributed by atoms with van der Waals surface area (Å²) in [6.07, 6.45) is -3.49. The van der Waals surface area contributed by atoms with E-state index >= 15 is 0 Å². The Kier molecular flexibility index (Phi) is 7.09. The Balaban J connectivity index is 1.51. The normalized spacial score (nSPS) is 12.8. The van der Waals surface area contributed by atoms with Crippen LogP contribution in [0.15, 0.2) is 58.9 Å². The Morgan fingerprint density at radius 3 is 2.38 bits per heavy atom. The van der Waals surface area contributed by atoms with E-state index in [2.05, 4.69) is 21.5 Å². The van der Waals surface area contributed by atoms with Gasteiger partial charge in [-0.15, -0.1) is 11.3 Å². The number of nitrogens with one attached hydrogen (secondary N) is 2. The highest BCUT2D eigenvalue weighted by atomic mass is 32.2. The molecule has 0 spiro atoms. The van der Waals surface area contributed by atoms with E-state index in [0.29, 0.717) is 0 Å². The molecule has 4 aromatic rings. The average Bonchev–Trinajstić information content (AvgIpc) is 3.45. The van der Waals surface area contributed by atoms with E-state index in [1.165, 1.54) is 30.5 Å². The van der Waals surface area contributed by atoms with E-state index in [9.17, 15) is 40.3 Å². The van der Waals surface area contributed by atoms with Gasteiger partial charge in [0, 0.05) is 35.2 Å². The first-order valence-corrected chi connectivity index (χ1v) is 12.6. The lowest BCUT2D eigenvalue weighted by Crippen LogP contribution is -2.42. The Morgan fingerprint density at radius 1 is 1.05 bits per heavy atom. The third-order valence-electron chi connectivity index (χ3n) is 5.22. The van der Waals surface area contributed by atoms with E-state index in [1.54, 1.807) is 0 Å². The summed E-state index contributed by atoms with van der Waals surface area (Å²) < 4.78 is 92.6. The first kappa shape index (κ1) is 26.3. The van der Waals surface area contributed by atoms with Gasteiger partial charge >= 0.3 is 12.1 Å². The van der Waals surface area contributed by atoms with Gasteiger partial charge in [-0.05, 0) is 48.0 Å². The van der Waals surface area contributed by atoms with Crippen LogP contribution in [0.5, 0.6) is 0 Å². The number of aliphatic carboxylic acids is 1. The van der Waals surface area contributed by atoms with Gasteiger partial charge in [0.2, 0.25) is 0 Å². The van der Waals surface area contributed by atoms with Crippen molar-refractivity contribution in [1.82, 2.24) is 9.71 Å². The Bertz CT molecular complexity index is 1650. The lowest BCUT2D eigenvalue weighted by molar-refractivity contribution is -0.139. The Hall–Kier alpha value is -3.73. The van der Waals surface area contributed by atoms with Crippen molar-refractivity contribution in [3.05, 3.63) is 87.9 Å². The van der Waals surface area contributed by atoms with Gasteiger partial charge in [-0.1, -0.05) is 11.8 Å². The van der Waals surface area contributed by atoms with Gasteiger partial charge in [0.1, 0.15) is 10.3 Å². The van der Waals surface area contributed by atoms with Crippen LogP contribution in [0.4, 0.5) is 22.0 Å². The number of aromatic nitrogens is 1. The summed E-state index contributed by atoms with van der Waals surface area (Å²) in [5, 5.41) is 9.79. The van der Waals surface area contributed by atoms with Gasteiger partial charge in [0.25, 0.3) is 10.0 Å². The Labute approximate surface area is 210 Å². The lowest BCUT2D eigenvalue weighted by Gasteiger charge is -2.13. The summed E-state index contributed by atoms with van der Waals surface area (Å²) in [6, 6.07) is 6.90. The minimum Gasteiger partial charge on any atom is -0.480 e. The van der Waals surface area contributed by atoms with Gasteiger partial charge in [0.15, 0.2) is 11.6 Å². The number of hydrogen-bond acceptors (Lipinski definition) is 4. The molecular formula is C24H15F5N2O4S2. The predicted octanol–water partition coefficient (Wildman–Crippen LogP) is 4.90. The summed E-state index contributed by atoms with van der Waals surface area (Å²) in [5.74, 6) is 1.59. The number of carbonyl (C=O) groups is 1. The van der Waals surface area contributed by atoms with Crippen molar-refractivity contribution in [2.45, 2.75) is 22.8 Å². The van der Waals surface area contributed by atoms with Gasteiger partial charge < -0.3 is 10.1 Å². The standard InChI is InChI=1S/C24H15F5N2O4S2/c25-18-10-17-14(12-30-20(17)11-19(18)26)9-21(23(32)33)31-37(34,35)22-8-7-16(36-22)6-3-13-1-4-15(5-2-13)24(27,28)29/h1-2,4-5,7-8,10-12,21,30-31H,9H2,(H,32,33)/t21-/m1/s1. The summed E-state index contributed by atoms with van der Waals surface area (Å²) in [7, 11) is -4.31. The van der Waals surface area contributed by atoms with Crippen molar-refractivity contribution in [1.29, 1.82) is 0 Å². The van der Waals surface area contributed by atoms with E-state index < -0.39 is 45.4 Å². The molecule has 2 heterocycles. The molecule has 0 radical (unpaired) electrons. The number of thiophene rings is 1. The molecule has 0 aliphatic rings.